The first kappa shape index (κ1) is 29.3. The quantitative estimate of drug-likeness (QED) is 0.496. The van der Waals surface area contributed by atoms with Crippen LogP contribution >= 0.6 is 0 Å². The zero-order chi connectivity index (χ0) is 28.5. The van der Waals surface area contributed by atoms with E-state index in [2.05, 4.69) is 20.9 Å². The van der Waals surface area contributed by atoms with Crippen molar-refractivity contribution >= 4 is 17.7 Å². The highest BCUT2D eigenvalue weighted by Crippen LogP contribution is 2.36. The Morgan fingerprint density at radius 1 is 1.10 bits per heavy atom. The first-order valence-corrected chi connectivity index (χ1v) is 14.0. The third kappa shape index (κ3) is 7.69. The third-order valence-electron chi connectivity index (χ3n) is 7.79. The Bertz CT molecular complexity index is 1210. The summed E-state index contributed by atoms with van der Waals surface area (Å²) in [5.41, 5.74) is 0.683. The van der Waals surface area contributed by atoms with Crippen LogP contribution < -0.4 is 20.7 Å². The molecule has 214 valence electrons. The minimum absolute atomic E-state index is 0.00533. The summed E-state index contributed by atoms with van der Waals surface area (Å²) in [6.45, 7) is 6.47. The van der Waals surface area contributed by atoms with Gasteiger partial charge in [-0.25, -0.2) is 4.39 Å². The monoisotopic (exact) mass is 550 g/mol. The van der Waals surface area contributed by atoms with Crippen LogP contribution in [0.3, 0.4) is 0 Å². The van der Waals surface area contributed by atoms with Crippen molar-refractivity contribution in [3.63, 3.8) is 0 Å². The van der Waals surface area contributed by atoms with Gasteiger partial charge in [-0.1, -0.05) is 50.3 Å². The van der Waals surface area contributed by atoms with E-state index in [-0.39, 0.29) is 48.7 Å². The molecule has 0 aliphatic carbocycles. The molecule has 1 fully saturated rings. The SMILES string of the molecule is CC(C)[C@@H]1COc2ccccc2C(=O)NC/C=C/CC2(CCN(CC(=O)NCc3ccc(F)cc3)CC2)C(=O)N1. The van der Waals surface area contributed by atoms with Gasteiger partial charge in [-0.3, -0.25) is 19.3 Å². The van der Waals surface area contributed by atoms with Crippen LogP contribution in [0.15, 0.2) is 60.7 Å². The van der Waals surface area contributed by atoms with Crippen molar-refractivity contribution in [2.75, 3.05) is 32.8 Å². The number of carbonyl (C=O) groups is 3. The number of benzene rings is 2. The lowest BCUT2D eigenvalue weighted by Crippen LogP contribution is -2.54. The molecule has 2 heterocycles. The molecule has 3 amide bonds. The van der Waals surface area contributed by atoms with Gasteiger partial charge in [-0.2, -0.15) is 0 Å². The maximum absolute atomic E-state index is 13.8. The lowest BCUT2D eigenvalue weighted by atomic mass is 9.74. The van der Waals surface area contributed by atoms with Crippen molar-refractivity contribution < 1.29 is 23.5 Å². The minimum atomic E-state index is -0.614. The molecular weight excluding hydrogens is 511 g/mol. The van der Waals surface area contributed by atoms with Crippen LogP contribution in [0.5, 0.6) is 5.75 Å². The number of hydrogen-bond donors (Lipinski definition) is 3. The fourth-order valence-corrected chi connectivity index (χ4v) is 5.05. The molecule has 0 bridgehead atoms. The Balaban J connectivity index is 1.40. The molecule has 1 saturated heterocycles. The van der Waals surface area contributed by atoms with Gasteiger partial charge in [-0.15, -0.1) is 0 Å². The molecule has 4 rings (SSSR count). The molecule has 2 aliphatic rings. The number of carbonyl (C=O) groups excluding carboxylic acids is 3. The molecule has 0 saturated carbocycles. The number of nitrogens with zero attached hydrogens (tertiary/aromatic N) is 1. The van der Waals surface area contributed by atoms with E-state index in [1.807, 2.05) is 32.1 Å². The Morgan fingerprint density at radius 3 is 2.55 bits per heavy atom. The molecule has 3 N–H and O–H groups in total. The average molecular weight is 551 g/mol. The van der Waals surface area contributed by atoms with Crippen molar-refractivity contribution in [3.05, 3.63) is 77.6 Å². The maximum Gasteiger partial charge on any atom is 0.255 e. The highest BCUT2D eigenvalue weighted by atomic mass is 19.1. The lowest BCUT2D eigenvalue weighted by Gasteiger charge is -2.41. The molecular formula is C31H39FN4O4. The number of halogens is 1. The summed E-state index contributed by atoms with van der Waals surface area (Å²) < 4.78 is 19.2. The fourth-order valence-electron chi connectivity index (χ4n) is 5.05. The molecule has 0 unspecified atom stereocenters. The van der Waals surface area contributed by atoms with E-state index in [0.29, 0.717) is 56.8 Å². The topological polar surface area (TPSA) is 99.8 Å². The van der Waals surface area contributed by atoms with Gasteiger partial charge in [0, 0.05) is 13.1 Å². The van der Waals surface area contributed by atoms with E-state index < -0.39 is 5.41 Å². The van der Waals surface area contributed by atoms with Gasteiger partial charge < -0.3 is 20.7 Å². The predicted molar refractivity (Wildman–Crippen MR) is 151 cm³/mol. The number of ether oxygens (including phenoxy) is 1. The van der Waals surface area contributed by atoms with Gasteiger partial charge in [0.1, 0.15) is 18.2 Å². The summed E-state index contributed by atoms with van der Waals surface area (Å²) in [4.78, 5) is 41.2. The summed E-state index contributed by atoms with van der Waals surface area (Å²) in [5, 5.41) is 9.04. The number of fused-ring (bicyclic) bond motifs is 1. The second kappa shape index (κ2) is 13.6. The second-order valence-corrected chi connectivity index (χ2v) is 11.0. The van der Waals surface area contributed by atoms with Crippen molar-refractivity contribution in [1.29, 1.82) is 0 Å². The van der Waals surface area contributed by atoms with Gasteiger partial charge in [0.05, 0.1) is 23.6 Å². The normalized spacial score (nSPS) is 20.9. The molecule has 0 aromatic heterocycles. The number of allylic oxidation sites excluding steroid dienone is 1. The third-order valence-corrected chi connectivity index (χ3v) is 7.79. The smallest absolute Gasteiger partial charge is 0.255 e. The number of amides is 3. The Hall–Kier alpha value is -3.72. The van der Waals surface area contributed by atoms with Crippen LogP contribution in [0, 0.1) is 17.2 Å². The molecule has 2 aliphatic heterocycles. The van der Waals surface area contributed by atoms with Crippen molar-refractivity contribution in [1.82, 2.24) is 20.9 Å². The van der Waals surface area contributed by atoms with Crippen LogP contribution in [0.4, 0.5) is 4.39 Å². The van der Waals surface area contributed by atoms with Gasteiger partial charge in [0.15, 0.2) is 0 Å². The molecule has 9 heteroatoms. The number of piperidine rings is 1. The Morgan fingerprint density at radius 2 is 1.82 bits per heavy atom. The summed E-state index contributed by atoms with van der Waals surface area (Å²) >= 11 is 0. The van der Waals surface area contributed by atoms with Crippen molar-refractivity contribution in [2.45, 2.75) is 45.7 Å². The van der Waals surface area contributed by atoms with Crippen LogP contribution in [0.25, 0.3) is 0 Å². The zero-order valence-electron chi connectivity index (χ0n) is 23.3. The predicted octanol–water partition coefficient (Wildman–Crippen LogP) is 3.43. The molecule has 2 aromatic carbocycles. The highest BCUT2D eigenvalue weighted by molar-refractivity contribution is 5.97. The highest BCUT2D eigenvalue weighted by Gasteiger charge is 2.41. The van der Waals surface area contributed by atoms with Crippen molar-refractivity contribution in [2.24, 2.45) is 11.3 Å². The van der Waals surface area contributed by atoms with Crippen LogP contribution in [0.1, 0.15) is 49.0 Å². The van der Waals surface area contributed by atoms with Gasteiger partial charge in [0.25, 0.3) is 5.91 Å². The largest absolute Gasteiger partial charge is 0.491 e. The van der Waals surface area contributed by atoms with E-state index in [4.69, 9.17) is 4.74 Å². The van der Waals surface area contributed by atoms with Crippen LogP contribution in [-0.4, -0.2) is 61.4 Å². The lowest BCUT2D eigenvalue weighted by molar-refractivity contribution is -0.135. The van der Waals surface area contributed by atoms with E-state index >= 15 is 0 Å². The fraction of sp³-hybridized carbons (Fsp3) is 0.452. The zero-order valence-corrected chi connectivity index (χ0v) is 23.3. The number of hydrogen-bond acceptors (Lipinski definition) is 5. The first-order valence-electron chi connectivity index (χ1n) is 14.0. The van der Waals surface area contributed by atoms with Crippen molar-refractivity contribution in [3.8, 4) is 5.75 Å². The molecule has 0 radical (unpaired) electrons. The number of rotatable bonds is 5. The summed E-state index contributed by atoms with van der Waals surface area (Å²) in [6.07, 6.45) is 5.62. The average Bonchev–Trinajstić information content (AvgIpc) is 2.95. The molecule has 40 heavy (non-hydrogen) atoms. The summed E-state index contributed by atoms with van der Waals surface area (Å²) in [7, 11) is 0. The van der Waals surface area contributed by atoms with E-state index in [0.717, 1.165) is 5.56 Å². The molecule has 8 nitrogen and oxygen atoms in total. The van der Waals surface area contributed by atoms with Gasteiger partial charge >= 0.3 is 0 Å². The van der Waals surface area contributed by atoms with E-state index in [1.165, 1.54) is 12.1 Å². The maximum atomic E-state index is 13.8. The number of likely N-dealkylation sites (tertiary alicyclic amines) is 1. The van der Waals surface area contributed by atoms with Gasteiger partial charge in [-0.05, 0) is 68.1 Å². The van der Waals surface area contributed by atoms with E-state index in [9.17, 15) is 18.8 Å². The second-order valence-electron chi connectivity index (χ2n) is 11.0. The molecule has 1 spiro atoms. The summed E-state index contributed by atoms with van der Waals surface area (Å²) in [5.74, 6) is -0.0191. The Kier molecular flexibility index (Phi) is 9.93. The summed E-state index contributed by atoms with van der Waals surface area (Å²) in [6, 6.07) is 12.9. The first-order chi connectivity index (χ1) is 19.3. The van der Waals surface area contributed by atoms with E-state index in [1.54, 1.807) is 30.3 Å². The molecule has 2 aromatic rings. The van der Waals surface area contributed by atoms with Crippen LogP contribution in [0.2, 0.25) is 0 Å². The number of nitrogens with one attached hydrogen (secondary N) is 3. The molecule has 1 atom stereocenters. The Labute approximate surface area is 235 Å². The minimum Gasteiger partial charge on any atom is -0.491 e. The number of para-hydroxylation sites is 1. The standard InChI is InChI=1S/C31H39FN4O4/c1-22(2)26-21-40-27-8-4-3-7-25(27)29(38)33-16-6-5-13-31(30(39)35-26)14-17-36(18-15-31)20-28(37)34-19-23-9-11-24(32)12-10-23/h3-12,22,26H,13-21H2,1-2H3,(H,33,38)(H,34,37)(H,35,39)/b6-5+/t26-/m0/s1. The van der Waals surface area contributed by atoms with Gasteiger partial charge in [0.2, 0.25) is 11.8 Å². The van der Waals surface area contributed by atoms with Crippen LogP contribution in [-0.2, 0) is 16.1 Å².